The molecule has 0 aromatic heterocycles. The Morgan fingerprint density at radius 1 is 0.947 bits per heavy atom. The highest BCUT2D eigenvalue weighted by Crippen LogP contribution is 2.28. The summed E-state index contributed by atoms with van der Waals surface area (Å²) in [5, 5.41) is 6.76. The van der Waals surface area contributed by atoms with E-state index < -0.39 is 0 Å². The number of aryl methyl sites for hydroxylation is 3. The van der Waals surface area contributed by atoms with Crippen LogP contribution < -0.4 is 10.6 Å². The first-order valence-corrected chi connectivity index (χ1v) is 7.32. The summed E-state index contributed by atoms with van der Waals surface area (Å²) in [5.41, 5.74) is 5.84. The van der Waals surface area contributed by atoms with Gasteiger partial charge in [0, 0.05) is 12.0 Å². The van der Waals surface area contributed by atoms with Crippen molar-refractivity contribution in [3.8, 4) is 0 Å². The van der Waals surface area contributed by atoms with Crippen LogP contribution in [0, 0.1) is 20.8 Å². The summed E-state index contributed by atoms with van der Waals surface area (Å²) in [6.45, 7) is 14.5. The monoisotopic (exact) mass is 262 g/mol. The first-order chi connectivity index (χ1) is 8.88. The van der Waals surface area contributed by atoms with Gasteiger partial charge in [0.15, 0.2) is 0 Å². The van der Waals surface area contributed by atoms with Crippen LogP contribution in [0.25, 0.3) is 0 Å². The van der Waals surface area contributed by atoms with Crippen LogP contribution in [0.1, 0.15) is 42.5 Å². The Morgan fingerprint density at radius 2 is 1.58 bits per heavy atom. The van der Waals surface area contributed by atoms with E-state index in [1.54, 1.807) is 0 Å². The van der Waals surface area contributed by atoms with E-state index in [1.807, 2.05) is 7.05 Å². The van der Waals surface area contributed by atoms with Crippen molar-refractivity contribution in [2.45, 2.75) is 46.5 Å². The molecule has 0 unspecified atom stereocenters. The van der Waals surface area contributed by atoms with Crippen LogP contribution in [-0.2, 0) is 5.41 Å². The van der Waals surface area contributed by atoms with Crippen molar-refractivity contribution in [1.29, 1.82) is 0 Å². The maximum atomic E-state index is 3.58. The summed E-state index contributed by atoms with van der Waals surface area (Å²) >= 11 is 0. The highest BCUT2D eigenvalue weighted by Gasteiger charge is 2.22. The first-order valence-electron chi connectivity index (χ1n) is 7.32. The van der Waals surface area contributed by atoms with Gasteiger partial charge in [-0.3, -0.25) is 0 Å². The van der Waals surface area contributed by atoms with Crippen LogP contribution in [-0.4, -0.2) is 26.7 Å². The van der Waals surface area contributed by atoms with Gasteiger partial charge in [-0.05, 0) is 69.6 Å². The average molecular weight is 262 g/mol. The predicted octanol–water partition coefficient (Wildman–Crippen LogP) is 3.09. The number of hydrogen-bond donors (Lipinski definition) is 2. The lowest BCUT2D eigenvalue weighted by atomic mass is 9.80. The molecule has 0 amide bonds. The zero-order valence-electron chi connectivity index (χ0n) is 13.5. The van der Waals surface area contributed by atoms with Crippen molar-refractivity contribution in [3.05, 3.63) is 34.4 Å². The molecule has 108 valence electrons. The van der Waals surface area contributed by atoms with E-state index in [4.69, 9.17) is 0 Å². The second kappa shape index (κ2) is 7.06. The van der Waals surface area contributed by atoms with Gasteiger partial charge >= 0.3 is 0 Å². The fraction of sp³-hybridized carbons (Fsp3) is 0.647. The maximum absolute atomic E-state index is 3.58. The van der Waals surface area contributed by atoms with E-state index in [1.165, 1.54) is 28.7 Å². The van der Waals surface area contributed by atoms with Gasteiger partial charge in [-0.15, -0.1) is 0 Å². The molecule has 0 aliphatic rings. The first kappa shape index (κ1) is 16.2. The Bertz CT molecular complexity index is 408. The number of benzene rings is 1. The van der Waals surface area contributed by atoms with Gasteiger partial charge in [0.2, 0.25) is 0 Å². The Hall–Kier alpha value is -0.860. The molecule has 0 aliphatic carbocycles. The van der Waals surface area contributed by atoms with Gasteiger partial charge in [0.05, 0.1) is 0 Å². The molecule has 1 rings (SSSR count). The molecule has 0 radical (unpaired) electrons. The van der Waals surface area contributed by atoms with Crippen LogP contribution in [0.3, 0.4) is 0 Å². The molecule has 0 spiro atoms. The molecule has 0 aliphatic heterocycles. The molecule has 0 bridgehead atoms. The minimum absolute atomic E-state index is 0.183. The van der Waals surface area contributed by atoms with Gasteiger partial charge in [0.1, 0.15) is 0 Å². The SMILES string of the molecule is CNCCCNCC(C)(C)c1cc(C)c(C)cc1C. The normalized spacial score (nSPS) is 11.9. The molecular formula is C17H30N2. The van der Waals surface area contributed by atoms with Crippen molar-refractivity contribution in [1.82, 2.24) is 10.6 Å². The summed E-state index contributed by atoms with van der Waals surface area (Å²) in [6.07, 6.45) is 1.18. The van der Waals surface area contributed by atoms with E-state index in [0.29, 0.717) is 0 Å². The van der Waals surface area contributed by atoms with Crippen molar-refractivity contribution < 1.29 is 0 Å². The van der Waals surface area contributed by atoms with Crippen molar-refractivity contribution in [2.75, 3.05) is 26.7 Å². The number of hydrogen-bond acceptors (Lipinski definition) is 2. The zero-order chi connectivity index (χ0) is 14.5. The smallest absolute Gasteiger partial charge is 0.00432 e. The third kappa shape index (κ3) is 4.63. The van der Waals surface area contributed by atoms with Crippen molar-refractivity contribution >= 4 is 0 Å². The lowest BCUT2D eigenvalue weighted by molar-refractivity contribution is 0.462. The Kier molecular flexibility index (Phi) is 6.02. The topological polar surface area (TPSA) is 24.1 Å². The third-order valence-electron chi connectivity index (χ3n) is 3.92. The summed E-state index contributed by atoms with van der Waals surface area (Å²) < 4.78 is 0. The fourth-order valence-electron chi connectivity index (χ4n) is 2.58. The Morgan fingerprint density at radius 3 is 2.21 bits per heavy atom. The van der Waals surface area contributed by atoms with Crippen LogP contribution in [0.15, 0.2) is 12.1 Å². The molecule has 2 nitrogen and oxygen atoms in total. The lowest BCUT2D eigenvalue weighted by Crippen LogP contribution is -2.34. The fourth-order valence-corrected chi connectivity index (χ4v) is 2.58. The van der Waals surface area contributed by atoms with Crippen molar-refractivity contribution in [3.63, 3.8) is 0 Å². The zero-order valence-corrected chi connectivity index (χ0v) is 13.5. The molecule has 19 heavy (non-hydrogen) atoms. The Balaban J connectivity index is 2.68. The largest absolute Gasteiger partial charge is 0.320 e. The van der Waals surface area contributed by atoms with E-state index >= 15 is 0 Å². The summed E-state index contributed by atoms with van der Waals surface area (Å²) in [7, 11) is 2.00. The molecule has 1 aromatic carbocycles. The van der Waals surface area contributed by atoms with Crippen LogP contribution >= 0.6 is 0 Å². The van der Waals surface area contributed by atoms with Crippen LogP contribution in [0.2, 0.25) is 0 Å². The lowest BCUT2D eigenvalue weighted by Gasteiger charge is -2.28. The van der Waals surface area contributed by atoms with Crippen molar-refractivity contribution in [2.24, 2.45) is 0 Å². The highest BCUT2D eigenvalue weighted by molar-refractivity contribution is 5.40. The minimum Gasteiger partial charge on any atom is -0.320 e. The molecule has 0 heterocycles. The summed E-state index contributed by atoms with van der Waals surface area (Å²) in [6, 6.07) is 4.67. The third-order valence-corrected chi connectivity index (χ3v) is 3.92. The van der Waals surface area contributed by atoms with Crippen LogP contribution in [0.4, 0.5) is 0 Å². The molecule has 0 fully saturated rings. The summed E-state index contributed by atoms with van der Waals surface area (Å²) in [4.78, 5) is 0. The number of rotatable bonds is 7. The van der Waals surface area contributed by atoms with Gasteiger partial charge < -0.3 is 10.6 Å². The average Bonchev–Trinajstić information content (AvgIpc) is 2.33. The van der Waals surface area contributed by atoms with Gasteiger partial charge in [-0.2, -0.15) is 0 Å². The molecule has 0 saturated heterocycles. The van der Waals surface area contributed by atoms with E-state index in [-0.39, 0.29) is 5.41 Å². The van der Waals surface area contributed by atoms with E-state index in [2.05, 4.69) is 57.4 Å². The minimum atomic E-state index is 0.183. The number of nitrogens with one attached hydrogen (secondary N) is 2. The van der Waals surface area contributed by atoms with Crippen LogP contribution in [0.5, 0.6) is 0 Å². The Labute approximate surface area is 119 Å². The maximum Gasteiger partial charge on any atom is 0.00432 e. The standard InChI is InChI=1S/C17H30N2/c1-13-10-15(3)16(11-14(13)2)17(4,5)12-19-9-7-8-18-6/h10-11,18-19H,7-9,12H2,1-6H3. The second-order valence-electron chi connectivity index (χ2n) is 6.27. The molecule has 0 atom stereocenters. The van der Waals surface area contributed by atoms with E-state index in [0.717, 1.165) is 19.6 Å². The summed E-state index contributed by atoms with van der Waals surface area (Å²) in [5.74, 6) is 0. The van der Waals surface area contributed by atoms with Gasteiger partial charge in [0.25, 0.3) is 0 Å². The molecule has 2 heteroatoms. The molecule has 1 aromatic rings. The van der Waals surface area contributed by atoms with Gasteiger partial charge in [-0.1, -0.05) is 26.0 Å². The predicted molar refractivity (Wildman–Crippen MR) is 85.1 cm³/mol. The van der Waals surface area contributed by atoms with Gasteiger partial charge in [-0.25, -0.2) is 0 Å². The molecular weight excluding hydrogens is 232 g/mol. The quantitative estimate of drug-likeness (QED) is 0.738. The highest BCUT2D eigenvalue weighted by atomic mass is 14.9. The second-order valence-corrected chi connectivity index (χ2v) is 6.27. The molecule has 0 saturated carbocycles. The van der Waals surface area contributed by atoms with E-state index in [9.17, 15) is 0 Å². The molecule has 2 N–H and O–H groups in total.